The number of aldehydes is 2. The largest absolute Gasteiger partial charge is 0.370 e. The predicted octanol–water partition coefficient (Wildman–Crippen LogP) is -2.42. The topological polar surface area (TPSA) is 231 Å². The molecule has 0 bridgehead atoms. The SMILES string of the molecule is CC(N[C@@H](CS)C(=O)N[C@H](C=O)CCCNC(=N)N)N1CCC[C@H]1C(=O)N[C@H](C=O)CCCNC(=N)N. The van der Waals surface area contributed by atoms with E-state index in [1.807, 2.05) is 11.8 Å². The van der Waals surface area contributed by atoms with E-state index in [0.29, 0.717) is 64.3 Å². The van der Waals surface area contributed by atoms with Crippen molar-refractivity contribution in [1.29, 1.82) is 10.8 Å². The van der Waals surface area contributed by atoms with Crippen LogP contribution < -0.4 is 38.1 Å². The standard InChI is InChI=1S/C22H42N10O4S/c1-14(29-17(13-37)19(35)30-15(11-33)5-2-8-27-21(23)24)32-10-4-7-18(32)20(36)31-16(12-34)6-3-9-28-22(25)26/h11-12,14-18,29,37H,2-10,13H2,1H3,(H,30,35)(H,31,36)(H4,23,24,27)(H4,25,26,28)/t14?,15-,16-,17-,18-/m0/s1. The maximum atomic E-state index is 12.9. The highest BCUT2D eigenvalue weighted by Gasteiger charge is 2.35. The van der Waals surface area contributed by atoms with E-state index < -0.39 is 24.2 Å². The van der Waals surface area contributed by atoms with Crippen molar-refractivity contribution in [3.8, 4) is 0 Å². The fourth-order valence-corrected chi connectivity index (χ4v) is 4.40. The minimum Gasteiger partial charge on any atom is -0.370 e. The Kier molecular flexibility index (Phi) is 15.2. The summed E-state index contributed by atoms with van der Waals surface area (Å²) < 4.78 is 0. The van der Waals surface area contributed by atoms with Crippen LogP contribution in [0.1, 0.15) is 45.4 Å². The molecule has 0 aromatic rings. The molecular formula is C22H42N10O4S. The van der Waals surface area contributed by atoms with Gasteiger partial charge < -0.3 is 42.3 Å². The zero-order valence-corrected chi connectivity index (χ0v) is 22.2. The van der Waals surface area contributed by atoms with E-state index in [1.165, 1.54) is 0 Å². The van der Waals surface area contributed by atoms with Crippen molar-refractivity contribution < 1.29 is 19.2 Å². The summed E-state index contributed by atoms with van der Waals surface area (Å²) in [5.41, 5.74) is 10.5. The Balaban J connectivity index is 2.62. The number of amides is 2. The predicted molar refractivity (Wildman–Crippen MR) is 144 cm³/mol. The van der Waals surface area contributed by atoms with Gasteiger partial charge in [-0.25, -0.2) is 0 Å². The van der Waals surface area contributed by atoms with Crippen molar-refractivity contribution >= 4 is 48.9 Å². The molecule has 1 aliphatic rings. The van der Waals surface area contributed by atoms with Crippen LogP contribution in [0.5, 0.6) is 0 Å². The average Bonchev–Trinajstić information content (AvgIpc) is 3.36. The molecule has 0 aromatic carbocycles. The van der Waals surface area contributed by atoms with Gasteiger partial charge in [-0.05, 0) is 45.4 Å². The molecule has 1 heterocycles. The number of hydrogen-bond acceptors (Lipinski definition) is 9. The maximum Gasteiger partial charge on any atom is 0.238 e. The lowest BCUT2D eigenvalue weighted by molar-refractivity contribution is -0.129. The number of nitrogens with two attached hydrogens (primary N) is 2. The van der Waals surface area contributed by atoms with Crippen LogP contribution in [0, 0.1) is 10.8 Å². The molecule has 1 rings (SSSR count). The molecule has 1 fully saturated rings. The highest BCUT2D eigenvalue weighted by atomic mass is 32.1. The lowest BCUT2D eigenvalue weighted by Gasteiger charge is -2.33. The minimum absolute atomic E-state index is 0.147. The number of carbonyl (C=O) groups is 4. The van der Waals surface area contributed by atoms with Gasteiger partial charge in [-0.15, -0.1) is 0 Å². The normalized spacial score (nSPS) is 18.6. The molecule has 2 amide bonds. The van der Waals surface area contributed by atoms with Crippen molar-refractivity contribution in [2.45, 2.75) is 75.8 Å². The summed E-state index contributed by atoms with van der Waals surface area (Å²) in [5.74, 6) is -0.752. The van der Waals surface area contributed by atoms with Crippen LogP contribution in [0.2, 0.25) is 0 Å². The fourth-order valence-electron chi connectivity index (χ4n) is 4.13. The van der Waals surface area contributed by atoms with Gasteiger partial charge in [0.15, 0.2) is 11.9 Å². The summed E-state index contributed by atoms with van der Waals surface area (Å²) in [4.78, 5) is 50.6. The molecule has 1 saturated heterocycles. The van der Waals surface area contributed by atoms with Crippen LogP contribution >= 0.6 is 12.6 Å². The first-order valence-corrected chi connectivity index (χ1v) is 13.1. The maximum absolute atomic E-state index is 12.9. The summed E-state index contributed by atoms with van der Waals surface area (Å²) in [6.45, 7) is 3.34. The van der Waals surface area contributed by atoms with Crippen LogP contribution in [-0.2, 0) is 19.2 Å². The van der Waals surface area contributed by atoms with E-state index in [4.69, 9.17) is 22.3 Å². The number of guanidine groups is 2. The van der Waals surface area contributed by atoms with E-state index in [9.17, 15) is 19.2 Å². The minimum atomic E-state index is -0.697. The molecule has 210 valence electrons. The molecule has 5 atom stereocenters. The highest BCUT2D eigenvalue weighted by Crippen LogP contribution is 2.20. The molecule has 0 aliphatic carbocycles. The molecule has 14 nitrogen and oxygen atoms in total. The molecule has 15 heteroatoms. The first-order valence-electron chi connectivity index (χ1n) is 12.4. The van der Waals surface area contributed by atoms with Gasteiger partial charge in [0, 0.05) is 25.4 Å². The lowest BCUT2D eigenvalue weighted by Crippen LogP contribution is -2.58. The van der Waals surface area contributed by atoms with Crippen molar-refractivity contribution in [2.24, 2.45) is 11.5 Å². The number of likely N-dealkylation sites (tertiary alicyclic amines) is 1. The Morgan fingerprint density at radius 3 is 2.05 bits per heavy atom. The fraction of sp³-hybridized carbons (Fsp3) is 0.727. The lowest BCUT2D eigenvalue weighted by atomic mass is 10.1. The van der Waals surface area contributed by atoms with Crippen LogP contribution in [0.4, 0.5) is 0 Å². The number of hydrogen-bond donors (Lipinski definition) is 10. The van der Waals surface area contributed by atoms with E-state index in [1.54, 1.807) is 0 Å². The molecule has 0 saturated carbocycles. The molecule has 0 spiro atoms. The summed E-state index contributed by atoms with van der Waals surface area (Å²) in [6.07, 6.45) is 4.35. The van der Waals surface area contributed by atoms with Gasteiger partial charge in [0.1, 0.15) is 12.6 Å². The Bertz CT molecular complexity index is 787. The molecule has 11 N–H and O–H groups in total. The molecule has 0 radical (unpaired) electrons. The summed E-state index contributed by atoms with van der Waals surface area (Å²) >= 11 is 4.28. The van der Waals surface area contributed by atoms with Crippen LogP contribution in [0.25, 0.3) is 0 Å². The highest BCUT2D eigenvalue weighted by molar-refractivity contribution is 7.80. The van der Waals surface area contributed by atoms with Crippen LogP contribution in [0.3, 0.4) is 0 Å². The van der Waals surface area contributed by atoms with Crippen molar-refractivity contribution in [1.82, 2.24) is 31.5 Å². The number of carbonyl (C=O) groups excluding carboxylic acids is 4. The third-order valence-electron chi connectivity index (χ3n) is 6.03. The van der Waals surface area contributed by atoms with Crippen LogP contribution in [-0.4, -0.2) is 96.9 Å². The summed E-state index contributed by atoms with van der Waals surface area (Å²) in [6, 6.07) is -2.48. The van der Waals surface area contributed by atoms with Gasteiger partial charge in [-0.1, -0.05) is 0 Å². The second kappa shape index (κ2) is 17.5. The third-order valence-corrected chi connectivity index (χ3v) is 6.40. The first kappa shape index (κ1) is 32.1. The summed E-state index contributed by atoms with van der Waals surface area (Å²) in [7, 11) is 0. The third kappa shape index (κ3) is 12.3. The molecule has 37 heavy (non-hydrogen) atoms. The van der Waals surface area contributed by atoms with Gasteiger partial charge in [0.2, 0.25) is 11.8 Å². The van der Waals surface area contributed by atoms with Gasteiger partial charge in [-0.2, -0.15) is 12.6 Å². The van der Waals surface area contributed by atoms with E-state index in [-0.39, 0.29) is 35.7 Å². The van der Waals surface area contributed by atoms with Crippen LogP contribution in [0.15, 0.2) is 0 Å². The number of nitrogens with zero attached hydrogens (tertiary/aromatic N) is 1. The smallest absolute Gasteiger partial charge is 0.238 e. The van der Waals surface area contributed by atoms with Crippen molar-refractivity contribution in [2.75, 3.05) is 25.4 Å². The van der Waals surface area contributed by atoms with Gasteiger partial charge in [0.05, 0.1) is 30.3 Å². The molecule has 1 unspecified atom stereocenters. The van der Waals surface area contributed by atoms with Gasteiger partial charge in [-0.3, -0.25) is 30.6 Å². The van der Waals surface area contributed by atoms with E-state index in [0.717, 1.165) is 6.42 Å². The summed E-state index contributed by atoms with van der Waals surface area (Å²) in [5, 5.41) is 28.3. The van der Waals surface area contributed by atoms with E-state index in [2.05, 4.69) is 39.2 Å². The second-order valence-electron chi connectivity index (χ2n) is 8.94. The first-order chi connectivity index (χ1) is 17.6. The Morgan fingerprint density at radius 2 is 1.57 bits per heavy atom. The van der Waals surface area contributed by atoms with Gasteiger partial charge >= 0.3 is 0 Å². The number of rotatable bonds is 18. The molecule has 1 aliphatic heterocycles. The van der Waals surface area contributed by atoms with Gasteiger partial charge in [0.25, 0.3) is 0 Å². The quantitative estimate of drug-likeness (QED) is 0.0289. The number of nitrogens with one attached hydrogen (secondary N) is 7. The Morgan fingerprint density at radius 1 is 1.03 bits per heavy atom. The molecular weight excluding hydrogens is 500 g/mol. The zero-order valence-electron chi connectivity index (χ0n) is 21.3. The Hall–Kier alpha value is -2.91. The van der Waals surface area contributed by atoms with Crippen molar-refractivity contribution in [3.05, 3.63) is 0 Å². The zero-order chi connectivity index (χ0) is 27.8. The average molecular weight is 543 g/mol. The molecule has 0 aromatic heterocycles. The number of thiol groups is 1. The second-order valence-corrected chi connectivity index (χ2v) is 9.31. The van der Waals surface area contributed by atoms with E-state index >= 15 is 0 Å². The van der Waals surface area contributed by atoms with Crippen molar-refractivity contribution in [3.63, 3.8) is 0 Å². The monoisotopic (exact) mass is 542 g/mol. The Labute approximate surface area is 223 Å².